The largest absolute Gasteiger partial charge is 0.375 e. The fourth-order valence-corrected chi connectivity index (χ4v) is 2.00. The second kappa shape index (κ2) is 3.36. The monoisotopic (exact) mass is 232 g/mol. The van der Waals surface area contributed by atoms with Crippen LogP contribution in [0.1, 0.15) is 13.8 Å². The van der Waals surface area contributed by atoms with Gasteiger partial charge in [0.1, 0.15) is 0 Å². The number of hydrogen-bond acceptors (Lipinski definition) is 3. The van der Waals surface area contributed by atoms with Gasteiger partial charge < -0.3 is 5.73 Å². The van der Waals surface area contributed by atoms with Crippen LogP contribution in [0.15, 0.2) is 0 Å². The van der Waals surface area contributed by atoms with Gasteiger partial charge in [-0.15, -0.1) is 0 Å². The number of nitrogens with zero attached hydrogens (tertiary/aromatic N) is 1. The van der Waals surface area contributed by atoms with Crippen molar-refractivity contribution in [2.24, 2.45) is 0 Å². The second-order valence-electron chi connectivity index (χ2n) is 2.09. The molecule has 0 fully saturated rings. The van der Waals surface area contributed by atoms with Crippen molar-refractivity contribution in [1.82, 2.24) is 4.98 Å². The Morgan fingerprint density at radius 1 is 1.73 bits per heavy atom. The minimum atomic E-state index is 0.618. The van der Waals surface area contributed by atoms with Gasteiger partial charge in [0.25, 0.3) is 0 Å². The molecule has 0 amide bonds. The summed E-state index contributed by atoms with van der Waals surface area (Å²) in [6.45, 7) is 3.94. The van der Waals surface area contributed by atoms with Gasteiger partial charge in [-0.2, -0.15) is 0 Å². The highest BCUT2D eigenvalue weighted by molar-refractivity contribution is 9.14. The van der Waals surface area contributed by atoms with Gasteiger partial charge in [-0.05, 0) is 13.8 Å². The third-order valence-electron chi connectivity index (χ3n) is 1.26. The third-order valence-corrected chi connectivity index (χ3v) is 2.94. The van der Waals surface area contributed by atoms with Crippen LogP contribution in [0, 0.1) is 0 Å². The summed E-state index contributed by atoms with van der Waals surface area (Å²) in [4.78, 5) is 4.14. The van der Waals surface area contributed by atoms with Crippen molar-refractivity contribution in [2.45, 2.75) is 13.8 Å². The molecule has 0 radical (unpaired) electrons. The molecule has 0 saturated carbocycles. The lowest BCUT2D eigenvalue weighted by molar-refractivity contribution is 1.31. The number of rotatable bonds is 0. The Morgan fingerprint density at radius 3 is 2.73 bits per heavy atom. The fraction of sp³-hybridized carbons (Fsp3) is 0.286. The van der Waals surface area contributed by atoms with E-state index in [1.54, 1.807) is 0 Å². The molecule has 0 bridgehead atoms. The Balaban J connectivity index is 3.63. The van der Waals surface area contributed by atoms with Crippen molar-refractivity contribution in [3.05, 3.63) is 9.88 Å². The van der Waals surface area contributed by atoms with Crippen molar-refractivity contribution in [3.63, 3.8) is 0 Å². The van der Waals surface area contributed by atoms with E-state index in [4.69, 9.17) is 5.73 Å². The first-order valence-corrected chi connectivity index (χ1v) is 4.81. The van der Waals surface area contributed by atoms with E-state index in [0.717, 1.165) is 14.4 Å². The highest BCUT2D eigenvalue weighted by Crippen LogP contribution is 2.03. The van der Waals surface area contributed by atoms with Crippen molar-refractivity contribution >= 4 is 43.0 Å². The maximum atomic E-state index is 5.55. The van der Waals surface area contributed by atoms with Crippen LogP contribution in [0.5, 0.6) is 0 Å². The molecule has 11 heavy (non-hydrogen) atoms. The average molecular weight is 233 g/mol. The molecule has 0 saturated heterocycles. The SMILES string of the molecule is C/C=c1/nc(N)s/c1=C(/C)Br. The quantitative estimate of drug-likeness (QED) is 0.727. The molecule has 1 heterocycles. The first-order chi connectivity index (χ1) is 5.15. The Bertz CT molecular complexity index is 362. The Kier molecular flexibility index (Phi) is 2.67. The Labute approximate surface area is 77.6 Å². The van der Waals surface area contributed by atoms with E-state index in [1.165, 1.54) is 11.3 Å². The van der Waals surface area contributed by atoms with Crippen molar-refractivity contribution in [1.29, 1.82) is 0 Å². The number of hydrogen-bond donors (Lipinski definition) is 1. The first kappa shape index (κ1) is 8.74. The summed E-state index contributed by atoms with van der Waals surface area (Å²) in [6.07, 6.45) is 1.95. The Hall–Kier alpha value is -0.350. The van der Waals surface area contributed by atoms with E-state index < -0.39 is 0 Å². The van der Waals surface area contributed by atoms with Crippen LogP contribution in [-0.2, 0) is 0 Å². The third kappa shape index (κ3) is 1.81. The molecule has 60 valence electrons. The maximum absolute atomic E-state index is 5.55. The molecule has 0 unspecified atom stereocenters. The fourth-order valence-electron chi connectivity index (χ4n) is 0.792. The molecule has 0 spiro atoms. The molecule has 0 aromatic carbocycles. The van der Waals surface area contributed by atoms with E-state index in [-0.39, 0.29) is 0 Å². The summed E-state index contributed by atoms with van der Waals surface area (Å²) >= 11 is 4.90. The smallest absolute Gasteiger partial charge is 0.181 e. The standard InChI is InChI=1S/C7H9BrN2S/c1-3-5-6(4(2)8)11-7(9)10-5/h3H,1-2H3,(H2,9,10)/b5-3+,6-4-. The minimum absolute atomic E-state index is 0.618. The molecular formula is C7H9BrN2S. The van der Waals surface area contributed by atoms with Gasteiger partial charge in [-0.1, -0.05) is 33.3 Å². The van der Waals surface area contributed by atoms with Crippen molar-refractivity contribution < 1.29 is 0 Å². The van der Waals surface area contributed by atoms with Gasteiger partial charge in [0.2, 0.25) is 0 Å². The number of nitrogens with two attached hydrogens (primary N) is 1. The summed E-state index contributed by atoms with van der Waals surface area (Å²) < 4.78 is 2.20. The summed E-state index contributed by atoms with van der Waals surface area (Å²) in [5.74, 6) is 0. The summed E-state index contributed by atoms with van der Waals surface area (Å²) in [5.41, 5.74) is 5.55. The molecule has 1 aromatic rings. The zero-order valence-corrected chi connectivity index (χ0v) is 8.79. The van der Waals surface area contributed by atoms with Crippen LogP contribution in [-0.4, -0.2) is 4.98 Å². The van der Waals surface area contributed by atoms with Crippen LogP contribution in [0.4, 0.5) is 5.13 Å². The topological polar surface area (TPSA) is 38.9 Å². The first-order valence-electron chi connectivity index (χ1n) is 3.20. The van der Waals surface area contributed by atoms with Gasteiger partial charge in [0.15, 0.2) is 5.13 Å². The lowest BCUT2D eigenvalue weighted by Gasteiger charge is -1.78. The van der Waals surface area contributed by atoms with Crippen LogP contribution in [0.25, 0.3) is 10.6 Å². The van der Waals surface area contributed by atoms with E-state index in [1.807, 2.05) is 19.9 Å². The molecule has 0 atom stereocenters. The van der Waals surface area contributed by atoms with Gasteiger partial charge in [0.05, 0.1) is 9.88 Å². The predicted octanol–water partition coefficient (Wildman–Crippen LogP) is 1.05. The number of thiazole rings is 1. The van der Waals surface area contributed by atoms with E-state index in [9.17, 15) is 0 Å². The van der Waals surface area contributed by atoms with Crippen LogP contribution in [0.2, 0.25) is 0 Å². The number of halogens is 1. The molecule has 2 nitrogen and oxygen atoms in total. The average Bonchev–Trinajstić information content (AvgIpc) is 2.30. The summed E-state index contributed by atoms with van der Waals surface area (Å²) in [6, 6.07) is 0. The lowest BCUT2D eigenvalue weighted by Crippen LogP contribution is -2.21. The molecule has 0 aliphatic rings. The zero-order valence-electron chi connectivity index (χ0n) is 6.39. The van der Waals surface area contributed by atoms with Crippen LogP contribution in [0.3, 0.4) is 0 Å². The maximum Gasteiger partial charge on any atom is 0.181 e. The molecule has 0 aliphatic carbocycles. The highest BCUT2D eigenvalue weighted by atomic mass is 79.9. The van der Waals surface area contributed by atoms with Crippen molar-refractivity contribution in [3.8, 4) is 0 Å². The molecule has 1 rings (SSSR count). The van der Waals surface area contributed by atoms with E-state index in [0.29, 0.717) is 5.13 Å². The van der Waals surface area contributed by atoms with Gasteiger partial charge in [-0.3, -0.25) is 0 Å². The van der Waals surface area contributed by atoms with Gasteiger partial charge in [-0.25, -0.2) is 4.98 Å². The number of anilines is 1. The van der Waals surface area contributed by atoms with Gasteiger partial charge >= 0.3 is 0 Å². The predicted molar refractivity (Wildman–Crippen MR) is 53.9 cm³/mol. The van der Waals surface area contributed by atoms with Crippen molar-refractivity contribution in [2.75, 3.05) is 5.73 Å². The molecular weight excluding hydrogens is 224 g/mol. The van der Waals surface area contributed by atoms with E-state index >= 15 is 0 Å². The van der Waals surface area contributed by atoms with Crippen LogP contribution < -0.4 is 15.6 Å². The minimum Gasteiger partial charge on any atom is -0.375 e. The normalized spacial score (nSPS) is 15.4. The van der Waals surface area contributed by atoms with Crippen LogP contribution >= 0.6 is 27.3 Å². The zero-order chi connectivity index (χ0) is 8.43. The Morgan fingerprint density at radius 2 is 2.36 bits per heavy atom. The number of nitrogen functional groups attached to an aromatic ring is 1. The highest BCUT2D eigenvalue weighted by Gasteiger charge is 1.95. The lowest BCUT2D eigenvalue weighted by atomic mass is 10.5. The summed E-state index contributed by atoms with van der Waals surface area (Å²) in [7, 11) is 0. The number of aromatic nitrogens is 1. The summed E-state index contributed by atoms with van der Waals surface area (Å²) in [5, 5.41) is 1.58. The molecule has 4 heteroatoms. The molecule has 1 aromatic heterocycles. The van der Waals surface area contributed by atoms with Gasteiger partial charge in [0, 0.05) is 4.48 Å². The second-order valence-corrected chi connectivity index (χ2v) is 4.31. The molecule has 2 N–H and O–H groups in total. The molecule has 0 aliphatic heterocycles. The van der Waals surface area contributed by atoms with E-state index in [2.05, 4.69) is 20.9 Å².